The molecule has 1 rings (SSSR count). The second-order valence-corrected chi connectivity index (χ2v) is 7.40. The lowest BCUT2D eigenvalue weighted by atomic mass is 10.0. The van der Waals surface area contributed by atoms with E-state index in [2.05, 4.69) is 23.3 Å². The molecule has 0 saturated heterocycles. The lowest BCUT2D eigenvalue weighted by molar-refractivity contribution is -0.143. The van der Waals surface area contributed by atoms with E-state index in [4.69, 9.17) is 21.7 Å². The van der Waals surface area contributed by atoms with Crippen LogP contribution in [-0.2, 0) is 30.4 Å². The monoisotopic (exact) mass is 485 g/mol. The first kappa shape index (κ1) is 27.7. The molecule has 0 aliphatic rings. The maximum absolute atomic E-state index is 12.9. The fraction of sp³-hybridized carbons (Fsp3) is 0.421. The van der Waals surface area contributed by atoms with E-state index in [0.29, 0.717) is 5.56 Å². The van der Waals surface area contributed by atoms with Crippen LogP contribution in [-0.4, -0.2) is 81.4 Å². The van der Waals surface area contributed by atoms with E-state index < -0.39 is 66.8 Å². The van der Waals surface area contributed by atoms with E-state index in [1.54, 1.807) is 0 Å². The molecule has 0 aliphatic carbocycles. The van der Waals surface area contributed by atoms with Crippen molar-refractivity contribution in [2.24, 2.45) is 11.5 Å². The van der Waals surface area contributed by atoms with E-state index in [9.17, 15) is 29.1 Å². The Labute approximate surface area is 194 Å². The summed E-state index contributed by atoms with van der Waals surface area (Å²) in [6, 6.07) is 0.204. The predicted molar refractivity (Wildman–Crippen MR) is 118 cm³/mol. The molecule has 14 heteroatoms. The molecule has 0 radical (unpaired) electrons. The van der Waals surface area contributed by atoms with Gasteiger partial charge in [0.1, 0.15) is 23.9 Å². The van der Waals surface area contributed by atoms with Gasteiger partial charge in [-0.1, -0.05) is 12.1 Å². The Balaban J connectivity index is 3.09. The number of hydrogen-bond donors (Lipinski definition) is 9. The zero-order valence-corrected chi connectivity index (χ0v) is 18.3. The molecule has 0 bridgehead atoms. The summed E-state index contributed by atoms with van der Waals surface area (Å²) in [5.74, 6) is -5.20. The minimum absolute atomic E-state index is 0.0101. The molecule has 0 aliphatic heterocycles. The summed E-state index contributed by atoms with van der Waals surface area (Å²) in [6.07, 6.45) is -0.748. The first-order chi connectivity index (χ1) is 15.5. The third kappa shape index (κ3) is 9.34. The van der Waals surface area contributed by atoms with Gasteiger partial charge >= 0.3 is 5.97 Å². The minimum Gasteiger partial charge on any atom is -0.508 e. The maximum Gasteiger partial charge on any atom is 0.328 e. The topological polar surface area (TPSA) is 234 Å². The zero-order valence-electron chi connectivity index (χ0n) is 17.4. The Hall–Kier alpha value is -3.36. The summed E-state index contributed by atoms with van der Waals surface area (Å²) in [4.78, 5) is 60.0. The summed E-state index contributed by atoms with van der Waals surface area (Å²) in [6.45, 7) is -0.931. The van der Waals surface area contributed by atoms with Gasteiger partial charge in [-0.25, -0.2) is 4.79 Å². The molecule has 1 aromatic carbocycles. The van der Waals surface area contributed by atoms with Gasteiger partial charge in [-0.15, -0.1) is 0 Å². The van der Waals surface area contributed by atoms with Gasteiger partial charge in [-0.3, -0.25) is 19.2 Å². The number of carboxylic acid groups (broad SMARTS) is 1. The van der Waals surface area contributed by atoms with Crippen molar-refractivity contribution in [2.75, 3.05) is 12.4 Å². The van der Waals surface area contributed by atoms with Crippen LogP contribution in [0.2, 0.25) is 0 Å². The summed E-state index contributed by atoms with van der Waals surface area (Å²) >= 11 is 3.93. The number of phenolic OH excluding ortho intramolecular Hbond substituents is 1. The number of nitrogens with one attached hydrogen (secondary N) is 3. The molecular weight excluding hydrogens is 458 g/mol. The number of aromatic hydroxyl groups is 1. The van der Waals surface area contributed by atoms with E-state index >= 15 is 0 Å². The summed E-state index contributed by atoms with van der Waals surface area (Å²) in [5.41, 5.74) is 11.3. The quantitative estimate of drug-likeness (QED) is 0.126. The molecule has 10 N–H and O–H groups in total. The standard InChI is InChI=1S/C19H27N5O8S/c20-11(8-33)16(28)22-12(5-9-1-3-10(26)4-2-9)17(29)23-13(6-15(21)27)18(30)24-14(7-25)19(31)32/h1-4,11-14,25-26,33H,5-8,20H2,(H2,21,27)(H,22,28)(H,23,29)(H,24,30)(H,31,32). The van der Waals surface area contributed by atoms with E-state index in [1.807, 2.05) is 5.32 Å². The Morgan fingerprint density at radius 1 is 0.909 bits per heavy atom. The molecule has 0 aromatic heterocycles. The smallest absolute Gasteiger partial charge is 0.328 e. The van der Waals surface area contributed by atoms with Crippen LogP contribution in [0.5, 0.6) is 5.75 Å². The molecule has 4 unspecified atom stereocenters. The number of amides is 4. The van der Waals surface area contributed by atoms with E-state index in [-0.39, 0.29) is 17.9 Å². The first-order valence-electron chi connectivity index (χ1n) is 9.65. The number of rotatable bonds is 13. The van der Waals surface area contributed by atoms with Crippen LogP contribution >= 0.6 is 12.6 Å². The average Bonchev–Trinajstić information content (AvgIpc) is 2.76. The number of aliphatic hydroxyl groups is 1. The lowest BCUT2D eigenvalue weighted by Gasteiger charge is -2.24. The SMILES string of the molecule is NC(=O)CC(NC(=O)C(Cc1ccc(O)cc1)NC(=O)C(N)CS)C(=O)NC(CO)C(=O)O. The highest BCUT2D eigenvalue weighted by Crippen LogP contribution is 2.12. The molecular formula is C19H27N5O8S. The van der Waals surface area contributed by atoms with Crippen molar-refractivity contribution in [1.82, 2.24) is 16.0 Å². The highest BCUT2D eigenvalue weighted by Gasteiger charge is 2.31. The molecule has 13 nitrogen and oxygen atoms in total. The highest BCUT2D eigenvalue weighted by atomic mass is 32.1. The third-order valence-corrected chi connectivity index (χ3v) is 4.77. The normalized spacial score (nSPS) is 14.3. The summed E-state index contributed by atoms with van der Waals surface area (Å²) in [7, 11) is 0. The second-order valence-electron chi connectivity index (χ2n) is 7.03. The minimum atomic E-state index is -1.68. The number of hydrogen-bond acceptors (Lipinski definition) is 9. The summed E-state index contributed by atoms with van der Waals surface area (Å²) < 4.78 is 0. The van der Waals surface area contributed by atoms with Gasteiger partial charge in [-0.05, 0) is 17.7 Å². The lowest BCUT2D eigenvalue weighted by Crippen LogP contribution is -2.58. The van der Waals surface area contributed by atoms with Crippen LogP contribution in [0.1, 0.15) is 12.0 Å². The number of aliphatic carboxylic acids is 1. The molecule has 0 fully saturated rings. The van der Waals surface area contributed by atoms with E-state index in [1.165, 1.54) is 24.3 Å². The Morgan fingerprint density at radius 2 is 1.42 bits per heavy atom. The number of nitrogens with two attached hydrogens (primary N) is 2. The number of thiol groups is 1. The van der Waals surface area contributed by atoms with Gasteiger partial charge < -0.3 is 42.7 Å². The van der Waals surface area contributed by atoms with Crippen LogP contribution in [0, 0.1) is 0 Å². The number of carboxylic acids is 1. The van der Waals surface area contributed by atoms with Crippen molar-refractivity contribution in [3.05, 3.63) is 29.8 Å². The van der Waals surface area contributed by atoms with Crippen molar-refractivity contribution >= 4 is 42.2 Å². The van der Waals surface area contributed by atoms with Crippen molar-refractivity contribution in [1.29, 1.82) is 0 Å². The van der Waals surface area contributed by atoms with Gasteiger partial charge in [0.15, 0.2) is 0 Å². The number of aliphatic hydroxyl groups excluding tert-OH is 1. The zero-order chi connectivity index (χ0) is 25.1. The third-order valence-electron chi connectivity index (χ3n) is 4.38. The number of primary amides is 1. The van der Waals surface area contributed by atoms with Crippen molar-refractivity contribution in [2.45, 2.75) is 37.0 Å². The summed E-state index contributed by atoms with van der Waals surface area (Å²) in [5, 5.41) is 34.2. The van der Waals surface area contributed by atoms with Gasteiger partial charge in [0, 0.05) is 12.2 Å². The fourth-order valence-corrected chi connectivity index (χ4v) is 2.75. The fourth-order valence-electron chi connectivity index (χ4n) is 2.58. The van der Waals surface area contributed by atoms with Crippen LogP contribution in [0.15, 0.2) is 24.3 Å². The van der Waals surface area contributed by atoms with E-state index in [0.717, 1.165) is 0 Å². The number of carbonyl (C=O) groups is 5. The highest BCUT2D eigenvalue weighted by molar-refractivity contribution is 7.80. The maximum atomic E-state index is 12.9. The molecule has 0 spiro atoms. The van der Waals surface area contributed by atoms with Gasteiger partial charge in [0.25, 0.3) is 0 Å². The Morgan fingerprint density at radius 3 is 1.91 bits per heavy atom. The van der Waals surface area contributed by atoms with Crippen molar-refractivity contribution in [3.63, 3.8) is 0 Å². The largest absolute Gasteiger partial charge is 0.508 e. The molecule has 182 valence electrons. The van der Waals surface area contributed by atoms with Gasteiger partial charge in [-0.2, -0.15) is 12.6 Å². The van der Waals surface area contributed by atoms with Gasteiger partial charge in [0.2, 0.25) is 23.6 Å². The van der Waals surface area contributed by atoms with Crippen LogP contribution < -0.4 is 27.4 Å². The first-order valence-corrected chi connectivity index (χ1v) is 10.3. The van der Waals surface area contributed by atoms with Crippen molar-refractivity contribution in [3.8, 4) is 5.75 Å². The molecule has 1 aromatic rings. The number of phenols is 1. The Kier molecular flexibility index (Phi) is 11.1. The van der Waals surface area contributed by atoms with Crippen molar-refractivity contribution < 1.29 is 39.3 Å². The average molecular weight is 486 g/mol. The molecule has 33 heavy (non-hydrogen) atoms. The number of benzene rings is 1. The molecule has 0 heterocycles. The molecule has 0 saturated carbocycles. The van der Waals surface area contributed by atoms with Gasteiger partial charge in [0.05, 0.1) is 19.1 Å². The molecule has 4 amide bonds. The van der Waals surface area contributed by atoms with Crippen LogP contribution in [0.4, 0.5) is 0 Å². The predicted octanol–water partition coefficient (Wildman–Crippen LogP) is -3.40. The second kappa shape index (κ2) is 13.2. The molecule has 4 atom stereocenters. The number of carbonyl (C=O) groups excluding carboxylic acids is 4. The van der Waals surface area contributed by atoms with Crippen LogP contribution in [0.3, 0.4) is 0 Å². The van der Waals surface area contributed by atoms with Crippen LogP contribution in [0.25, 0.3) is 0 Å². The Bertz CT molecular complexity index is 866.